The molecule has 1 rings (SSSR count). The summed E-state index contributed by atoms with van der Waals surface area (Å²) in [7, 11) is 1.74. The van der Waals surface area contributed by atoms with Gasteiger partial charge in [0.25, 0.3) is 5.91 Å². The molecular weight excluding hydrogens is 176 g/mol. The summed E-state index contributed by atoms with van der Waals surface area (Å²) >= 11 is 0. The van der Waals surface area contributed by atoms with Crippen molar-refractivity contribution < 1.29 is 4.79 Å². The van der Waals surface area contributed by atoms with Gasteiger partial charge in [-0.3, -0.25) is 4.79 Å². The highest BCUT2D eigenvalue weighted by Crippen LogP contribution is 2.06. The monoisotopic (exact) mass is 188 g/mol. The van der Waals surface area contributed by atoms with E-state index in [0.717, 1.165) is 0 Å². The first-order valence-corrected chi connectivity index (χ1v) is 4.44. The van der Waals surface area contributed by atoms with E-state index in [2.05, 4.69) is 0 Å². The fourth-order valence-corrected chi connectivity index (χ4v) is 1.09. The molecule has 0 unspecified atom stereocenters. The molecule has 3 heteroatoms. The lowest BCUT2D eigenvalue weighted by Gasteiger charge is -2.14. The van der Waals surface area contributed by atoms with E-state index in [1.54, 1.807) is 36.2 Å². The molecule has 0 saturated carbocycles. The van der Waals surface area contributed by atoms with E-state index in [1.165, 1.54) is 0 Å². The topological polar surface area (TPSA) is 44.1 Å². The van der Waals surface area contributed by atoms with Crippen LogP contribution in [0.15, 0.2) is 24.3 Å². The number of carbonyl (C=O) groups is 1. The van der Waals surface area contributed by atoms with Gasteiger partial charge in [0.15, 0.2) is 0 Å². The Balaban J connectivity index is 2.97. The zero-order chi connectivity index (χ0) is 10.6. The largest absolute Gasteiger partial charge is 0.342 e. The van der Waals surface area contributed by atoms with E-state index in [0.29, 0.717) is 17.7 Å². The molecule has 0 aliphatic carbocycles. The maximum atomic E-state index is 11.7. The number of rotatable bonds is 2. The second-order valence-electron chi connectivity index (χ2n) is 3.01. The van der Waals surface area contributed by atoms with Crippen molar-refractivity contribution in [2.45, 2.75) is 6.92 Å². The summed E-state index contributed by atoms with van der Waals surface area (Å²) in [4.78, 5) is 13.3. The predicted molar refractivity (Wildman–Crippen MR) is 53.8 cm³/mol. The van der Waals surface area contributed by atoms with E-state index in [4.69, 9.17) is 5.26 Å². The number of hydrogen-bond acceptors (Lipinski definition) is 2. The highest BCUT2D eigenvalue weighted by Gasteiger charge is 2.09. The van der Waals surface area contributed by atoms with Gasteiger partial charge < -0.3 is 4.90 Å². The van der Waals surface area contributed by atoms with Gasteiger partial charge >= 0.3 is 0 Å². The van der Waals surface area contributed by atoms with Gasteiger partial charge in [-0.25, -0.2) is 0 Å². The van der Waals surface area contributed by atoms with Gasteiger partial charge in [0.1, 0.15) is 0 Å². The first-order valence-electron chi connectivity index (χ1n) is 4.44. The van der Waals surface area contributed by atoms with Crippen molar-refractivity contribution in [1.29, 1.82) is 5.26 Å². The average Bonchev–Trinajstić information content (AvgIpc) is 2.27. The molecule has 1 aromatic rings. The lowest BCUT2D eigenvalue weighted by molar-refractivity contribution is 0.0802. The van der Waals surface area contributed by atoms with E-state index < -0.39 is 0 Å². The molecule has 72 valence electrons. The Kier molecular flexibility index (Phi) is 3.24. The summed E-state index contributed by atoms with van der Waals surface area (Å²) in [6.07, 6.45) is 0. The minimum absolute atomic E-state index is 0.0513. The van der Waals surface area contributed by atoms with Crippen LogP contribution in [0.25, 0.3) is 0 Å². The zero-order valence-electron chi connectivity index (χ0n) is 8.32. The Bertz CT molecular complexity index is 379. The van der Waals surface area contributed by atoms with Crippen LogP contribution < -0.4 is 0 Å². The molecule has 0 N–H and O–H groups in total. The third-order valence-corrected chi connectivity index (χ3v) is 2.06. The SMILES string of the molecule is CCN(C)C(=O)c1cccc(C#N)c1. The number of carbonyl (C=O) groups excluding carboxylic acids is 1. The Morgan fingerprint density at radius 1 is 1.57 bits per heavy atom. The van der Waals surface area contributed by atoms with Crippen LogP contribution in [0, 0.1) is 11.3 Å². The van der Waals surface area contributed by atoms with Gasteiger partial charge in [0.2, 0.25) is 0 Å². The molecule has 0 bridgehead atoms. The van der Waals surface area contributed by atoms with E-state index in [1.807, 2.05) is 13.0 Å². The van der Waals surface area contributed by atoms with Crippen molar-refractivity contribution >= 4 is 5.91 Å². The Labute approximate surface area is 83.6 Å². The molecule has 0 fully saturated rings. The van der Waals surface area contributed by atoms with Gasteiger partial charge in [-0.1, -0.05) is 6.07 Å². The summed E-state index contributed by atoms with van der Waals surface area (Å²) in [6.45, 7) is 2.57. The number of nitrogens with zero attached hydrogens (tertiary/aromatic N) is 2. The van der Waals surface area contributed by atoms with Crippen molar-refractivity contribution in [2.24, 2.45) is 0 Å². The molecule has 1 aromatic carbocycles. The molecular formula is C11H12N2O. The Morgan fingerprint density at radius 2 is 2.29 bits per heavy atom. The van der Waals surface area contributed by atoms with Crippen molar-refractivity contribution in [3.05, 3.63) is 35.4 Å². The standard InChI is InChI=1S/C11H12N2O/c1-3-13(2)11(14)10-6-4-5-9(7-10)8-12/h4-7H,3H2,1-2H3. The highest BCUT2D eigenvalue weighted by molar-refractivity contribution is 5.94. The summed E-state index contributed by atoms with van der Waals surface area (Å²) in [5.41, 5.74) is 1.08. The van der Waals surface area contributed by atoms with E-state index in [-0.39, 0.29) is 5.91 Å². The molecule has 0 saturated heterocycles. The summed E-state index contributed by atoms with van der Waals surface area (Å²) in [5.74, 6) is -0.0513. The van der Waals surface area contributed by atoms with Crippen molar-refractivity contribution in [2.75, 3.05) is 13.6 Å². The molecule has 0 radical (unpaired) electrons. The third-order valence-electron chi connectivity index (χ3n) is 2.06. The smallest absolute Gasteiger partial charge is 0.253 e. The molecule has 1 amide bonds. The maximum absolute atomic E-state index is 11.7. The molecule has 0 aliphatic rings. The van der Waals surface area contributed by atoms with Gasteiger partial charge in [0.05, 0.1) is 11.6 Å². The van der Waals surface area contributed by atoms with Crippen LogP contribution in [-0.2, 0) is 0 Å². The van der Waals surface area contributed by atoms with Crippen LogP contribution >= 0.6 is 0 Å². The number of benzene rings is 1. The molecule has 0 spiro atoms. The van der Waals surface area contributed by atoms with Crippen LogP contribution in [-0.4, -0.2) is 24.4 Å². The molecule has 3 nitrogen and oxygen atoms in total. The second-order valence-corrected chi connectivity index (χ2v) is 3.01. The number of amides is 1. The lowest BCUT2D eigenvalue weighted by atomic mass is 10.1. The minimum atomic E-state index is -0.0513. The average molecular weight is 188 g/mol. The number of hydrogen-bond donors (Lipinski definition) is 0. The minimum Gasteiger partial charge on any atom is -0.342 e. The first-order chi connectivity index (χ1) is 6.69. The van der Waals surface area contributed by atoms with E-state index in [9.17, 15) is 4.79 Å². The molecule has 0 aromatic heterocycles. The lowest BCUT2D eigenvalue weighted by Crippen LogP contribution is -2.26. The van der Waals surface area contributed by atoms with Gasteiger partial charge in [-0.15, -0.1) is 0 Å². The first kappa shape index (κ1) is 10.3. The molecule has 0 atom stereocenters. The zero-order valence-corrected chi connectivity index (χ0v) is 8.32. The normalized spacial score (nSPS) is 9.21. The van der Waals surface area contributed by atoms with Crippen molar-refractivity contribution in [3.8, 4) is 6.07 Å². The fourth-order valence-electron chi connectivity index (χ4n) is 1.09. The van der Waals surface area contributed by atoms with Crippen LogP contribution in [0.5, 0.6) is 0 Å². The summed E-state index contributed by atoms with van der Waals surface area (Å²) in [5, 5.41) is 8.66. The fraction of sp³-hybridized carbons (Fsp3) is 0.273. The van der Waals surface area contributed by atoms with Crippen LogP contribution in [0.1, 0.15) is 22.8 Å². The third kappa shape index (κ3) is 2.11. The van der Waals surface area contributed by atoms with Crippen LogP contribution in [0.4, 0.5) is 0 Å². The maximum Gasteiger partial charge on any atom is 0.253 e. The van der Waals surface area contributed by atoms with Gasteiger partial charge in [-0.05, 0) is 25.1 Å². The van der Waals surface area contributed by atoms with Gasteiger partial charge in [0, 0.05) is 19.2 Å². The van der Waals surface area contributed by atoms with Crippen LogP contribution in [0.3, 0.4) is 0 Å². The predicted octanol–water partition coefficient (Wildman–Crippen LogP) is 1.65. The molecule has 14 heavy (non-hydrogen) atoms. The molecule has 0 aliphatic heterocycles. The Morgan fingerprint density at radius 3 is 2.86 bits per heavy atom. The van der Waals surface area contributed by atoms with Gasteiger partial charge in [-0.2, -0.15) is 5.26 Å². The highest BCUT2D eigenvalue weighted by atomic mass is 16.2. The quantitative estimate of drug-likeness (QED) is 0.708. The summed E-state index contributed by atoms with van der Waals surface area (Å²) in [6, 6.07) is 8.73. The Hall–Kier alpha value is -1.82. The summed E-state index contributed by atoms with van der Waals surface area (Å²) < 4.78 is 0. The molecule has 0 heterocycles. The number of nitriles is 1. The van der Waals surface area contributed by atoms with Crippen molar-refractivity contribution in [3.63, 3.8) is 0 Å². The van der Waals surface area contributed by atoms with E-state index >= 15 is 0 Å². The van der Waals surface area contributed by atoms with Crippen LogP contribution in [0.2, 0.25) is 0 Å². The van der Waals surface area contributed by atoms with Crippen molar-refractivity contribution in [1.82, 2.24) is 4.90 Å². The second kappa shape index (κ2) is 4.43.